The van der Waals surface area contributed by atoms with Crippen molar-refractivity contribution in [2.24, 2.45) is 5.92 Å². The molecule has 5 rings (SSSR count). The molecule has 2 aliphatic rings. The molecule has 0 bridgehead atoms. The van der Waals surface area contributed by atoms with E-state index in [1.807, 2.05) is 31.2 Å². The summed E-state index contributed by atoms with van der Waals surface area (Å²) in [6.45, 7) is 3.43. The molecule has 0 radical (unpaired) electrons. The Kier molecular flexibility index (Phi) is 5.58. The molecule has 1 aliphatic carbocycles. The summed E-state index contributed by atoms with van der Waals surface area (Å²) >= 11 is 1.65. The van der Waals surface area contributed by atoms with Crippen LogP contribution in [0, 0.1) is 12.8 Å². The van der Waals surface area contributed by atoms with Crippen LogP contribution in [0.3, 0.4) is 0 Å². The SMILES string of the molecule is COc1ccc(-c2noc(N3CCC(C(=O)NC4(c5nc(C)cs5)CCC4)CC3)n2)cc1. The summed E-state index contributed by atoms with van der Waals surface area (Å²) in [6, 6.07) is 8.06. The summed E-state index contributed by atoms with van der Waals surface area (Å²) in [5.74, 6) is 1.47. The first-order valence-corrected chi connectivity index (χ1v) is 11.9. The fourth-order valence-electron chi connectivity index (χ4n) is 4.37. The normalized spacial score (nSPS) is 18.2. The number of piperidine rings is 1. The first-order chi connectivity index (χ1) is 15.6. The fourth-order valence-corrected chi connectivity index (χ4v) is 5.38. The smallest absolute Gasteiger partial charge is 0.324 e. The Morgan fingerprint density at radius 3 is 2.56 bits per heavy atom. The maximum atomic E-state index is 13.1. The fraction of sp³-hybridized carbons (Fsp3) is 0.478. The third-order valence-electron chi connectivity index (χ3n) is 6.50. The van der Waals surface area contributed by atoms with Gasteiger partial charge >= 0.3 is 6.01 Å². The van der Waals surface area contributed by atoms with E-state index < -0.39 is 0 Å². The summed E-state index contributed by atoms with van der Waals surface area (Å²) < 4.78 is 10.7. The third kappa shape index (κ3) is 3.97. The topological polar surface area (TPSA) is 93.4 Å². The average Bonchev–Trinajstić information content (AvgIpc) is 3.46. The zero-order valence-electron chi connectivity index (χ0n) is 18.3. The number of carbonyl (C=O) groups excluding carboxylic acids is 1. The molecule has 9 heteroatoms. The highest BCUT2D eigenvalue weighted by Gasteiger charge is 2.43. The van der Waals surface area contributed by atoms with Crippen molar-refractivity contribution >= 4 is 23.3 Å². The monoisotopic (exact) mass is 453 g/mol. The van der Waals surface area contributed by atoms with E-state index in [0.29, 0.717) is 24.9 Å². The maximum Gasteiger partial charge on any atom is 0.324 e. The molecule has 168 valence electrons. The molecule has 2 fully saturated rings. The van der Waals surface area contributed by atoms with Crippen LogP contribution in [0.4, 0.5) is 6.01 Å². The quantitative estimate of drug-likeness (QED) is 0.604. The summed E-state index contributed by atoms with van der Waals surface area (Å²) in [5.41, 5.74) is 1.64. The van der Waals surface area contributed by atoms with Gasteiger partial charge in [0.2, 0.25) is 11.7 Å². The average molecular weight is 454 g/mol. The number of thiazole rings is 1. The lowest BCUT2D eigenvalue weighted by Crippen LogP contribution is -2.53. The predicted octanol–water partition coefficient (Wildman–Crippen LogP) is 3.92. The van der Waals surface area contributed by atoms with Gasteiger partial charge in [-0.15, -0.1) is 11.3 Å². The molecule has 1 amide bonds. The van der Waals surface area contributed by atoms with E-state index in [2.05, 4.69) is 30.7 Å². The Balaban J connectivity index is 1.19. The Morgan fingerprint density at radius 2 is 1.97 bits per heavy atom. The highest BCUT2D eigenvalue weighted by molar-refractivity contribution is 7.09. The number of aromatic nitrogens is 3. The van der Waals surface area contributed by atoms with Crippen molar-refractivity contribution < 1.29 is 14.1 Å². The summed E-state index contributed by atoms with van der Waals surface area (Å²) in [6.07, 6.45) is 4.60. The number of aryl methyl sites for hydroxylation is 1. The van der Waals surface area contributed by atoms with E-state index in [4.69, 9.17) is 9.26 Å². The van der Waals surface area contributed by atoms with E-state index in [-0.39, 0.29) is 17.4 Å². The van der Waals surface area contributed by atoms with Gasteiger partial charge in [-0.1, -0.05) is 5.16 Å². The molecule has 2 aromatic heterocycles. The van der Waals surface area contributed by atoms with Crippen LogP contribution >= 0.6 is 11.3 Å². The lowest BCUT2D eigenvalue weighted by Gasteiger charge is -2.42. The van der Waals surface area contributed by atoms with Gasteiger partial charge < -0.3 is 19.5 Å². The van der Waals surface area contributed by atoms with Crippen LogP contribution in [0.1, 0.15) is 42.8 Å². The Bertz CT molecular complexity index is 1080. The van der Waals surface area contributed by atoms with Gasteiger partial charge in [0.05, 0.1) is 12.6 Å². The Labute approximate surface area is 191 Å². The van der Waals surface area contributed by atoms with Crippen molar-refractivity contribution in [2.45, 2.75) is 44.6 Å². The number of ether oxygens (including phenoxy) is 1. The third-order valence-corrected chi connectivity index (χ3v) is 7.66. The number of methoxy groups -OCH3 is 1. The molecule has 0 spiro atoms. The van der Waals surface area contributed by atoms with Crippen LogP contribution in [0.2, 0.25) is 0 Å². The minimum absolute atomic E-state index is 0.00577. The van der Waals surface area contributed by atoms with Gasteiger partial charge in [0, 0.05) is 35.6 Å². The van der Waals surface area contributed by atoms with Crippen LogP contribution in [0.5, 0.6) is 5.75 Å². The van der Waals surface area contributed by atoms with Crippen LogP contribution in [-0.2, 0) is 10.3 Å². The summed E-state index contributed by atoms with van der Waals surface area (Å²) in [7, 11) is 1.64. The molecular formula is C23H27N5O3S. The minimum atomic E-state index is -0.257. The van der Waals surface area contributed by atoms with E-state index >= 15 is 0 Å². The highest BCUT2D eigenvalue weighted by atomic mass is 32.1. The molecule has 1 saturated heterocycles. The number of nitrogens with zero attached hydrogens (tertiary/aromatic N) is 4. The van der Waals surface area contributed by atoms with Crippen molar-refractivity contribution in [1.29, 1.82) is 0 Å². The number of anilines is 1. The Hall–Kier alpha value is -2.94. The number of nitrogens with one attached hydrogen (secondary N) is 1. The molecule has 32 heavy (non-hydrogen) atoms. The lowest BCUT2D eigenvalue weighted by atomic mass is 9.76. The predicted molar refractivity (Wildman–Crippen MR) is 122 cm³/mol. The van der Waals surface area contributed by atoms with Crippen molar-refractivity contribution in [3.8, 4) is 17.1 Å². The molecule has 8 nitrogen and oxygen atoms in total. The Morgan fingerprint density at radius 1 is 1.22 bits per heavy atom. The standard InChI is InChI=1S/C23H27N5O3S/c1-15-14-32-21(24-15)23(10-3-11-23)26-20(29)17-8-12-28(13-9-17)22-25-19(27-31-22)16-4-6-18(30-2)7-5-16/h4-7,14,17H,3,8-13H2,1-2H3,(H,26,29). The zero-order chi connectivity index (χ0) is 22.1. The molecule has 1 saturated carbocycles. The maximum absolute atomic E-state index is 13.1. The second-order valence-corrected chi connectivity index (χ2v) is 9.47. The second-order valence-electron chi connectivity index (χ2n) is 8.61. The summed E-state index contributed by atoms with van der Waals surface area (Å²) in [5, 5.41) is 10.6. The summed E-state index contributed by atoms with van der Waals surface area (Å²) in [4.78, 5) is 24.3. The number of carbonyl (C=O) groups is 1. The number of rotatable bonds is 6. The molecule has 0 atom stereocenters. The first kappa shape index (κ1) is 20.9. The largest absolute Gasteiger partial charge is 0.497 e. The molecule has 3 heterocycles. The number of amides is 1. The number of hydrogen-bond donors (Lipinski definition) is 1. The van der Waals surface area contributed by atoms with Gasteiger partial charge in [0.15, 0.2) is 0 Å². The van der Waals surface area contributed by atoms with Crippen molar-refractivity contribution in [2.75, 3.05) is 25.1 Å². The molecule has 3 aromatic rings. The van der Waals surface area contributed by atoms with Crippen LogP contribution < -0.4 is 15.0 Å². The van der Waals surface area contributed by atoms with Crippen LogP contribution in [-0.4, -0.2) is 41.2 Å². The minimum Gasteiger partial charge on any atom is -0.497 e. The molecule has 1 aromatic carbocycles. The van der Waals surface area contributed by atoms with Crippen molar-refractivity contribution in [3.63, 3.8) is 0 Å². The van der Waals surface area contributed by atoms with Crippen molar-refractivity contribution in [1.82, 2.24) is 20.4 Å². The van der Waals surface area contributed by atoms with Gasteiger partial charge in [0.1, 0.15) is 10.8 Å². The van der Waals surface area contributed by atoms with Gasteiger partial charge in [-0.3, -0.25) is 4.79 Å². The van der Waals surface area contributed by atoms with Gasteiger partial charge in [-0.2, -0.15) is 4.98 Å². The molecule has 1 aliphatic heterocycles. The number of hydrogen-bond acceptors (Lipinski definition) is 8. The zero-order valence-corrected chi connectivity index (χ0v) is 19.2. The van der Waals surface area contributed by atoms with E-state index in [1.165, 1.54) is 0 Å². The molecular weight excluding hydrogens is 426 g/mol. The molecule has 1 N–H and O–H groups in total. The van der Waals surface area contributed by atoms with Gasteiger partial charge in [0.25, 0.3) is 0 Å². The second kappa shape index (κ2) is 8.54. The van der Waals surface area contributed by atoms with E-state index in [9.17, 15) is 4.79 Å². The van der Waals surface area contributed by atoms with E-state index in [1.54, 1.807) is 18.4 Å². The molecule has 0 unspecified atom stereocenters. The first-order valence-electron chi connectivity index (χ1n) is 11.0. The van der Waals surface area contributed by atoms with Gasteiger partial charge in [-0.05, 0) is 63.3 Å². The lowest BCUT2D eigenvalue weighted by molar-refractivity contribution is -0.129. The van der Waals surface area contributed by atoms with Crippen molar-refractivity contribution in [3.05, 3.63) is 40.3 Å². The van der Waals surface area contributed by atoms with Crippen LogP contribution in [0.15, 0.2) is 34.2 Å². The highest BCUT2D eigenvalue weighted by Crippen LogP contribution is 2.43. The number of benzene rings is 1. The van der Waals surface area contributed by atoms with Crippen LogP contribution in [0.25, 0.3) is 11.4 Å². The van der Waals surface area contributed by atoms with Gasteiger partial charge in [-0.25, -0.2) is 4.98 Å². The van der Waals surface area contributed by atoms with E-state index in [0.717, 1.165) is 54.1 Å².